The van der Waals surface area contributed by atoms with Crippen LogP contribution in [0.1, 0.15) is 46.5 Å². The second kappa shape index (κ2) is 10.3. The monoisotopic (exact) mass is 407 g/mol. The quantitative estimate of drug-likeness (QED) is 0.245. The van der Waals surface area contributed by atoms with Crippen LogP contribution in [0.25, 0.3) is 0 Å². The molecular formula is C21H37N5O3. The zero-order valence-corrected chi connectivity index (χ0v) is 18.1. The molecule has 2 heterocycles. The Hall–Kier alpha value is -1.77. The number of carbonyl (C=O) groups is 3. The van der Waals surface area contributed by atoms with Gasteiger partial charge in [0, 0.05) is 25.1 Å². The van der Waals surface area contributed by atoms with E-state index in [0.717, 1.165) is 39.0 Å². The van der Waals surface area contributed by atoms with E-state index >= 15 is 0 Å². The zero-order valence-electron chi connectivity index (χ0n) is 18.1. The summed E-state index contributed by atoms with van der Waals surface area (Å²) in [6, 6.07) is -0.687. The molecule has 1 unspecified atom stereocenters. The minimum atomic E-state index is -0.687. The van der Waals surface area contributed by atoms with Crippen LogP contribution >= 0.6 is 0 Å². The molecule has 0 bridgehead atoms. The molecule has 0 radical (unpaired) electrons. The van der Waals surface area contributed by atoms with Crippen LogP contribution in [-0.4, -0.2) is 66.9 Å². The summed E-state index contributed by atoms with van der Waals surface area (Å²) in [5.74, 6) is -0.272. The summed E-state index contributed by atoms with van der Waals surface area (Å²) in [7, 11) is 0. The Balaban J connectivity index is 1.99. The van der Waals surface area contributed by atoms with E-state index in [0.29, 0.717) is 24.5 Å². The van der Waals surface area contributed by atoms with Gasteiger partial charge >= 0.3 is 0 Å². The average Bonchev–Trinajstić information content (AvgIpc) is 2.69. The summed E-state index contributed by atoms with van der Waals surface area (Å²) in [4.78, 5) is 38.6. The zero-order chi connectivity index (χ0) is 21.6. The van der Waals surface area contributed by atoms with Gasteiger partial charge < -0.3 is 16.4 Å². The summed E-state index contributed by atoms with van der Waals surface area (Å²) < 4.78 is 0. The first-order chi connectivity index (χ1) is 13.7. The van der Waals surface area contributed by atoms with Gasteiger partial charge in [-0.05, 0) is 57.7 Å². The van der Waals surface area contributed by atoms with Gasteiger partial charge in [-0.15, -0.1) is 0 Å². The number of piperidine rings is 2. The van der Waals surface area contributed by atoms with Crippen molar-refractivity contribution in [2.24, 2.45) is 17.6 Å². The van der Waals surface area contributed by atoms with E-state index in [4.69, 9.17) is 5.73 Å². The highest BCUT2D eigenvalue weighted by Crippen LogP contribution is 2.35. The first-order valence-electron chi connectivity index (χ1n) is 10.7. The van der Waals surface area contributed by atoms with Gasteiger partial charge in [0.1, 0.15) is 6.04 Å². The van der Waals surface area contributed by atoms with E-state index in [-0.39, 0.29) is 24.2 Å². The van der Waals surface area contributed by atoms with Crippen LogP contribution in [0.4, 0.5) is 0 Å². The van der Waals surface area contributed by atoms with Crippen LogP contribution in [-0.2, 0) is 14.4 Å². The summed E-state index contributed by atoms with van der Waals surface area (Å²) in [6.07, 6.45) is 2.67. The van der Waals surface area contributed by atoms with Crippen molar-refractivity contribution >= 4 is 17.7 Å². The summed E-state index contributed by atoms with van der Waals surface area (Å²) in [5, 5.41) is 8.45. The van der Waals surface area contributed by atoms with E-state index in [2.05, 4.69) is 48.2 Å². The molecule has 2 aliphatic rings. The van der Waals surface area contributed by atoms with E-state index in [1.807, 2.05) is 0 Å². The number of carbonyl (C=O) groups excluding carboxylic acids is 3. The number of hydrogen-bond acceptors (Lipinski definition) is 6. The van der Waals surface area contributed by atoms with Crippen molar-refractivity contribution in [3.63, 3.8) is 0 Å². The molecule has 0 aromatic heterocycles. The van der Waals surface area contributed by atoms with Crippen LogP contribution in [0.15, 0.2) is 12.2 Å². The van der Waals surface area contributed by atoms with Crippen molar-refractivity contribution in [2.75, 3.05) is 32.7 Å². The lowest BCUT2D eigenvalue weighted by Crippen LogP contribution is -2.59. The first-order valence-corrected chi connectivity index (χ1v) is 10.7. The average molecular weight is 408 g/mol. The van der Waals surface area contributed by atoms with Gasteiger partial charge in [-0.25, -0.2) is 0 Å². The molecule has 0 aliphatic carbocycles. The van der Waals surface area contributed by atoms with E-state index in [1.54, 1.807) is 0 Å². The Morgan fingerprint density at radius 3 is 2.52 bits per heavy atom. The third-order valence-corrected chi connectivity index (χ3v) is 6.58. The molecule has 2 fully saturated rings. The highest BCUT2D eigenvalue weighted by atomic mass is 16.2. The smallest absolute Gasteiger partial charge is 0.249 e. The lowest BCUT2D eigenvalue weighted by molar-refractivity contribution is -0.137. The molecule has 5 N–H and O–H groups in total. The maximum absolute atomic E-state index is 12.9. The van der Waals surface area contributed by atoms with Crippen molar-refractivity contribution in [1.82, 2.24) is 20.9 Å². The van der Waals surface area contributed by atoms with Gasteiger partial charge in [0.05, 0.1) is 5.54 Å². The number of imide groups is 1. The Bertz CT molecular complexity index is 628. The number of hydrogen-bond donors (Lipinski definition) is 4. The number of nitrogens with two attached hydrogens (primary N) is 1. The van der Waals surface area contributed by atoms with E-state index in [1.165, 1.54) is 0 Å². The lowest BCUT2D eigenvalue weighted by atomic mass is 9.77. The van der Waals surface area contributed by atoms with Crippen molar-refractivity contribution < 1.29 is 14.4 Å². The molecule has 0 aromatic rings. The predicted molar refractivity (Wildman–Crippen MR) is 113 cm³/mol. The molecule has 0 spiro atoms. The van der Waals surface area contributed by atoms with Gasteiger partial charge in [0.25, 0.3) is 0 Å². The molecule has 3 amide bonds. The second-order valence-corrected chi connectivity index (χ2v) is 8.68. The van der Waals surface area contributed by atoms with Crippen molar-refractivity contribution in [3.05, 3.63) is 12.2 Å². The predicted octanol–water partition coefficient (Wildman–Crippen LogP) is 0.139. The first kappa shape index (κ1) is 23.5. The number of likely N-dealkylation sites (tertiary alicyclic amines) is 1. The molecule has 2 atom stereocenters. The van der Waals surface area contributed by atoms with Crippen molar-refractivity contribution in [2.45, 2.75) is 58.0 Å². The molecule has 2 aliphatic heterocycles. The normalized spacial score (nSPS) is 23.6. The number of nitrogens with one attached hydrogen (secondary N) is 3. The molecular weight excluding hydrogens is 370 g/mol. The Morgan fingerprint density at radius 1 is 1.31 bits per heavy atom. The molecule has 164 valence electrons. The van der Waals surface area contributed by atoms with Gasteiger partial charge in [0.2, 0.25) is 17.7 Å². The fourth-order valence-corrected chi connectivity index (χ4v) is 4.22. The maximum atomic E-state index is 12.9. The van der Waals surface area contributed by atoms with E-state index in [9.17, 15) is 14.4 Å². The highest BCUT2D eigenvalue weighted by molar-refractivity contribution is 6.04. The SMILES string of the molecule is C=C(C(=O)NC1CCC(=O)NC1=O)[C@@](C)(C(C)C)N1CCC(CNCCN)CC1. The fraction of sp³-hybridized carbons (Fsp3) is 0.762. The van der Waals surface area contributed by atoms with Gasteiger partial charge in [-0.1, -0.05) is 20.4 Å². The molecule has 2 saturated heterocycles. The molecule has 0 aromatic carbocycles. The Morgan fingerprint density at radius 2 is 1.97 bits per heavy atom. The minimum absolute atomic E-state index is 0.175. The Labute approximate surface area is 174 Å². The van der Waals surface area contributed by atoms with Crippen molar-refractivity contribution in [1.29, 1.82) is 0 Å². The lowest BCUT2D eigenvalue weighted by Gasteiger charge is -2.48. The van der Waals surface area contributed by atoms with Crippen LogP contribution < -0.4 is 21.7 Å². The summed E-state index contributed by atoms with van der Waals surface area (Å²) >= 11 is 0. The molecule has 29 heavy (non-hydrogen) atoms. The van der Waals surface area contributed by atoms with Crippen LogP contribution in [0.3, 0.4) is 0 Å². The number of amides is 3. The van der Waals surface area contributed by atoms with Crippen LogP contribution in [0.2, 0.25) is 0 Å². The molecule has 8 heteroatoms. The third kappa shape index (κ3) is 5.65. The van der Waals surface area contributed by atoms with Crippen LogP contribution in [0.5, 0.6) is 0 Å². The number of rotatable bonds is 9. The fourth-order valence-electron chi connectivity index (χ4n) is 4.22. The highest BCUT2D eigenvalue weighted by Gasteiger charge is 2.42. The maximum Gasteiger partial charge on any atom is 0.249 e. The topological polar surface area (TPSA) is 117 Å². The van der Waals surface area contributed by atoms with Gasteiger partial charge in [0.15, 0.2) is 0 Å². The molecule has 0 saturated carbocycles. The third-order valence-electron chi connectivity index (χ3n) is 6.58. The molecule has 8 nitrogen and oxygen atoms in total. The van der Waals surface area contributed by atoms with Gasteiger partial charge in [-0.2, -0.15) is 0 Å². The minimum Gasteiger partial charge on any atom is -0.340 e. The largest absolute Gasteiger partial charge is 0.340 e. The van der Waals surface area contributed by atoms with Gasteiger partial charge in [-0.3, -0.25) is 24.6 Å². The molecule has 2 rings (SSSR count). The summed E-state index contributed by atoms with van der Waals surface area (Å²) in [5.41, 5.74) is 5.51. The standard InChI is InChI=1S/C21H37N5O3/c1-14(2)21(4,26-11-7-16(8-12-26)13-23-10-9-22)15(3)19(28)24-17-5-6-18(27)25-20(17)29/h14,16-17,23H,3,5-13,22H2,1-2,4H3,(H,24,28)(H,25,27,29)/t17?,21-/m1/s1. The van der Waals surface area contributed by atoms with Crippen molar-refractivity contribution in [3.8, 4) is 0 Å². The van der Waals surface area contributed by atoms with Crippen LogP contribution in [0, 0.1) is 11.8 Å². The number of nitrogens with zero attached hydrogens (tertiary/aromatic N) is 1. The Kier molecular flexibility index (Phi) is 8.36. The van der Waals surface area contributed by atoms with E-state index < -0.39 is 17.5 Å². The summed E-state index contributed by atoms with van der Waals surface area (Å²) in [6.45, 7) is 14.6. The second-order valence-electron chi connectivity index (χ2n) is 8.68.